The molecule has 0 saturated carbocycles. The molecule has 0 aromatic heterocycles. The molecule has 18 heavy (non-hydrogen) atoms. The molecule has 1 saturated heterocycles. The van der Waals surface area contributed by atoms with Crippen LogP contribution >= 0.6 is 0 Å². The first kappa shape index (κ1) is 15.7. The summed E-state index contributed by atoms with van der Waals surface area (Å²) in [5.41, 5.74) is 0. The smallest absolute Gasteiger partial charge is 0.150 e. The van der Waals surface area contributed by atoms with Crippen molar-refractivity contribution in [3.8, 4) is 0 Å². The molecule has 1 rings (SSSR count). The van der Waals surface area contributed by atoms with E-state index in [-0.39, 0.29) is 0 Å². The molecule has 1 heterocycles. The van der Waals surface area contributed by atoms with E-state index in [0.717, 1.165) is 25.7 Å². The number of allylic oxidation sites excluding steroid dienone is 1. The Kier molecular flexibility index (Phi) is 6.94. The molecular weight excluding hydrogens is 246 g/mol. The predicted molar refractivity (Wildman–Crippen MR) is 77.5 cm³/mol. The highest BCUT2D eigenvalue weighted by Gasteiger charge is 2.29. The Morgan fingerprint density at radius 3 is 2.72 bits per heavy atom. The minimum absolute atomic E-state index is 0.376. The molecule has 0 aromatic rings. The molecule has 2 atom stereocenters. The largest absolute Gasteiger partial charge is 0.317 e. The first-order chi connectivity index (χ1) is 8.57. The summed E-state index contributed by atoms with van der Waals surface area (Å²) >= 11 is 0. The van der Waals surface area contributed by atoms with Crippen LogP contribution in [0.25, 0.3) is 0 Å². The third-order valence-electron chi connectivity index (χ3n) is 3.81. The van der Waals surface area contributed by atoms with Gasteiger partial charge in [-0.25, -0.2) is 8.42 Å². The molecule has 0 radical (unpaired) electrons. The average molecular weight is 273 g/mol. The maximum Gasteiger partial charge on any atom is 0.150 e. The molecule has 4 heteroatoms. The molecular formula is C14H27NO2S. The van der Waals surface area contributed by atoms with Crippen molar-refractivity contribution in [2.75, 3.05) is 18.6 Å². The lowest BCUT2D eigenvalue weighted by atomic mass is 9.95. The molecule has 1 N–H and O–H groups in total. The van der Waals surface area contributed by atoms with E-state index in [4.69, 9.17) is 0 Å². The van der Waals surface area contributed by atoms with Crippen molar-refractivity contribution < 1.29 is 8.42 Å². The van der Waals surface area contributed by atoms with Gasteiger partial charge in [-0.15, -0.1) is 6.58 Å². The summed E-state index contributed by atoms with van der Waals surface area (Å²) in [7, 11) is -0.737. The van der Waals surface area contributed by atoms with Gasteiger partial charge in [-0.2, -0.15) is 0 Å². The fourth-order valence-electron chi connectivity index (χ4n) is 2.70. The number of nitrogens with one attached hydrogen (secondary N) is 1. The zero-order valence-corrected chi connectivity index (χ0v) is 12.3. The van der Waals surface area contributed by atoms with Crippen LogP contribution in [-0.4, -0.2) is 33.0 Å². The number of unbranched alkanes of at least 4 members (excludes halogenated alkanes) is 3. The average Bonchev–Trinajstić information content (AvgIpc) is 2.67. The van der Waals surface area contributed by atoms with Gasteiger partial charge in [-0.1, -0.05) is 18.9 Å². The van der Waals surface area contributed by atoms with E-state index in [9.17, 15) is 8.42 Å². The van der Waals surface area contributed by atoms with E-state index in [1.807, 2.05) is 13.1 Å². The Labute approximate surface area is 112 Å². The van der Waals surface area contributed by atoms with E-state index >= 15 is 0 Å². The van der Waals surface area contributed by atoms with Gasteiger partial charge in [0, 0.05) is 6.04 Å². The maximum absolute atomic E-state index is 11.4. The summed E-state index contributed by atoms with van der Waals surface area (Å²) in [5, 5.41) is 3.33. The molecule has 0 spiro atoms. The van der Waals surface area contributed by atoms with Crippen molar-refractivity contribution in [3.63, 3.8) is 0 Å². The summed E-state index contributed by atoms with van der Waals surface area (Å²) in [6, 6.07) is 0.479. The Balaban J connectivity index is 2.19. The van der Waals surface area contributed by atoms with Gasteiger partial charge in [0.1, 0.15) is 0 Å². The fourth-order valence-corrected chi connectivity index (χ4v) is 4.58. The van der Waals surface area contributed by atoms with Gasteiger partial charge < -0.3 is 5.32 Å². The van der Waals surface area contributed by atoms with Crippen LogP contribution in [0.5, 0.6) is 0 Å². The summed E-state index contributed by atoms with van der Waals surface area (Å²) in [5.74, 6) is 1.18. The second-order valence-electron chi connectivity index (χ2n) is 5.42. The molecule has 1 aliphatic rings. The van der Waals surface area contributed by atoms with E-state index in [1.54, 1.807) is 0 Å². The minimum atomic E-state index is -2.72. The number of hydrogen-bond donors (Lipinski definition) is 1. The van der Waals surface area contributed by atoms with Crippen LogP contribution in [0.2, 0.25) is 0 Å². The van der Waals surface area contributed by atoms with Crippen molar-refractivity contribution >= 4 is 9.84 Å². The highest BCUT2D eigenvalue weighted by atomic mass is 32.2. The lowest BCUT2D eigenvalue weighted by Crippen LogP contribution is -2.28. The summed E-state index contributed by atoms with van der Waals surface area (Å²) in [6.07, 6.45) is 9.78. The summed E-state index contributed by atoms with van der Waals surface area (Å²) in [6.45, 7) is 3.72. The zero-order chi connectivity index (χ0) is 13.4. The van der Waals surface area contributed by atoms with E-state index < -0.39 is 9.84 Å². The van der Waals surface area contributed by atoms with Gasteiger partial charge in [0.2, 0.25) is 0 Å². The second kappa shape index (κ2) is 7.95. The van der Waals surface area contributed by atoms with Crippen molar-refractivity contribution in [1.82, 2.24) is 5.32 Å². The Hall–Kier alpha value is -0.350. The lowest BCUT2D eigenvalue weighted by molar-refractivity contribution is 0.395. The van der Waals surface area contributed by atoms with Crippen molar-refractivity contribution in [1.29, 1.82) is 0 Å². The van der Waals surface area contributed by atoms with Crippen LogP contribution in [0.15, 0.2) is 12.7 Å². The van der Waals surface area contributed by atoms with Gasteiger partial charge in [0.05, 0.1) is 11.5 Å². The van der Waals surface area contributed by atoms with Gasteiger partial charge in [-0.3, -0.25) is 0 Å². The van der Waals surface area contributed by atoms with Gasteiger partial charge in [0.25, 0.3) is 0 Å². The van der Waals surface area contributed by atoms with Crippen LogP contribution in [-0.2, 0) is 9.84 Å². The summed E-state index contributed by atoms with van der Waals surface area (Å²) in [4.78, 5) is 0. The molecule has 106 valence electrons. The molecule has 0 bridgehead atoms. The van der Waals surface area contributed by atoms with Crippen molar-refractivity contribution in [3.05, 3.63) is 12.7 Å². The first-order valence-corrected chi connectivity index (χ1v) is 8.88. The highest BCUT2D eigenvalue weighted by molar-refractivity contribution is 7.91. The van der Waals surface area contributed by atoms with E-state index in [2.05, 4.69) is 11.9 Å². The van der Waals surface area contributed by atoms with Gasteiger partial charge in [-0.05, 0) is 45.1 Å². The minimum Gasteiger partial charge on any atom is -0.317 e. The Morgan fingerprint density at radius 2 is 2.17 bits per heavy atom. The SMILES string of the molecule is C=CCCCCCC(CC1CCS(=O)(=O)C1)NC. The standard InChI is InChI=1S/C14H27NO2S/c1-3-4-5-6-7-8-14(15-2)11-13-9-10-18(16,17)12-13/h3,13-15H,1,4-12H2,2H3. The third-order valence-corrected chi connectivity index (χ3v) is 5.65. The highest BCUT2D eigenvalue weighted by Crippen LogP contribution is 2.24. The molecule has 0 aromatic carbocycles. The molecule has 0 amide bonds. The predicted octanol–water partition coefficient (Wildman–Crippen LogP) is 2.54. The lowest BCUT2D eigenvalue weighted by Gasteiger charge is -2.19. The van der Waals surface area contributed by atoms with Gasteiger partial charge >= 0.3 is 0 Å². The van der Waals surface area contributed by atoms with Crippen LogP contribution in [0.1, 0.15) is 44.9 Å². The molecule has 1 fully saturated rings. The van der Waals surface area contributed by atoms with Gasteiger partial charge in [0.15, 0.2) is 9.84 Å². The fraction of sp³-hybridized carbons (Fsp3) is 0.857. The maximum atomic E-state index is 11.4. The molecule has 2 unspecified atom stereocenters. The topological polar surface area (TPSA) is 46.2 Å². The molecule has 3 nitrogen and oxygen atoms in total. The summed E-state index contributed by atoms with van der Waals surface area (Å²) < 4.78 is 22.8. The number of rotatable bonds is 9. The van der Waals surface area contributed by atoms with Crippen LogP contribution in [0.4, 0.5) is 0 Å². The van der Waals surface area contributed by atoms with Crippen LogP contribution < -0.4 is 5.32 Å². The normalized spacial score (nSPS) is 23.9. The molecule has 1 aliphatic heterocycles. The Morgan fingerprint density at radius 1 is 1.39 bits per heavy atom. The van der Waals surface area contributed by atoms with Crippen molar-refractivity contribution in [2.45, 2.75) is 51.0 Å². The van der Waals surface area contributed by atoms with Crippen molar-refractivity contribution in [2.24, 2.45) is 5.92 Å². The monoisotopic (exact) mass is 273 g/mol. The first-order valence-electron chi connectivity index (χ1n) is 7.06. The van der Waals surface area contributed by atoms with E-state index in [1.165, 1.54) is 19.3 Å². The number of sulfone groups is 1. The quantitative estimate of drug-likeness (QED) is 0.519. The van der Waals surface area contributed by atoms with Crippen LogP contribution in [0, 0.1) is 5.92 Å². The Bertz CT molecular complexity index is 338. The van der Waals surface area contributed by atoms with E-state index in [0.29, 0.717) is 23.5 Å². The molecule has 0 aliphatic carbocycles. The second-order valence-corrected chi connectivity index (χ2v) is 7.65. The zero-order valence-electron chi connectivity index (χ0n) is 11.5. The third kappa shape index (κ3) is 6.01. The number of hydrogen-bond acceptors (Lipinski definition) is 3. The van der Waals surface area contributed by atoms with Crippen LogP contribution in [0.3, 0.4) is 0 Å².